The van der Waals surface area contributed by atoms with E-state index in [9.17, 15) is 14.0 Å². The summed E-state index contributed by atoms with van der Waals surface area (Å²) in [6.45, 7) is 0.878. The monoisotopic (exact) mass is 504 g/mol. The van der Waals surface area contributed by atoms with Crippen LogP contribution in [0.2, 0.25) is 5.02 Å². The summed E-state index contributed by atoms with van der Waals surface area (Å²) in [5.41, 5.74) is 1.99. The molecule has 0 spiro atoms. The molecule has 2 amide bonds. The molecular formula is C24H22ClFN2O3S2. The third kappa shape index (κ3) is 5.93. The first kappa shape index (κ1) is 23.7. The minimum absolute atomic E-state index is 0.0670. The highest BCUT2D eigenvalue weighted by atomic mass is 35.5. The Morgan fingerprint density at radius 2 is 2.03 bits per heavy atom. The highest BCUT2D eigenvalue weighted by molar-refractivity contribution is 8.00. The molecule has 172 valence electrons. The Kier molecular flexibility index (Phi) is 8.01. The summed E-state index contributed by atoms with van der Waals surface area (Å²) < 4.78 is 19.2. The molecule has 0 aliphatic carbocycles. The lowest BCUT2D eigenvalue weighted by atomic mass is 10.1. The Labute approximate surface area is 205 Å². The third-order valence-corrected chi connectivity index (χ3v) is 7.77. The molecule has 1 aromatic heterocycles. The largest absolute Gasteiger partial charge is 0.467 e. The summed E-state index contributed by atoms with van der Waals surface area (Å²) in [5.74, 6) is 1.82. The molecule has 1 aliphatic heterocycles. The standard InChI is InChI=1S/C24H22ClFN2O3S2/c25-20-4-1-5-21(26)19(20)14-32-12-10-27-23(30)16-6-8-17(9-7-16)24-28(22(29)15-33-24)13-18-3-2-11-31-18/h1-9,11,24H,10,12-15H2,(H,27,30)/t24-/m0/s1. The third-order valence-electron chi connectivity index (χ3n) is 5.17. The fraction of sp³-hybridized carbons (Fsp3) is 0.250. The number of halogens is 2. The zero-order valence-electron chi connectivity index (χ0n) is 17.6. The van der Waals surface area contributed by atoms with Gasteiger partial charge in [-0.15, -0.1) is 11.8 Å². The van der Waals surface area contributed by atoms with Gasteiger partial charge in [-0.2, -0.15) is 11.8 Å². The second kappa shape index (κ2) is 11.1. The van der Waals surface area contributed by atoms with Crippen molar-refractivity contribution >= 4 is 46.9 Å². The van der Waals surface area contributed by atoms with Crippen molar-refractivity contribution in [3.8, 4) is 0 Å². The van der Waals surface area contributed by atoms with Crippen molar-refractivity contribution < 1.29 is 18.4 Å². The molecular weight excluding hydrogens is 483 g/mol. The highest BCUT2D eigenvalue weighted by Crippen LogP contribution is 2.39. The molecule has 5 nitrogen and oxygen atoms in total. The van der Waals surface area contributed by atoms with E-state index in [4.69, 9.17) is 16.0 Å². The van der Waals surface area contributed by atoms with Gasteiger partial charge in [0.15, 0.2) is 0 Å². The first-order valence-corrected chi connectivity index (χ1v) is 12.9. The fourth-order valence-corrected chi connectivity index (χ4v) is 5.84. The van der Waals surface area contributed by atoms with Gasteiger partial charge in [0.05, 0.1) is 18.6 Å². The predicted molar refractivity (Wildman–Crippen MR) is 131 cm³/mol. The number of furan rings is 1. The van der Waals surface area contributed by atoms with Gasteiger partial charge in [0.2, 0.25) is 5.91 Å². The van der Waals surface area contributed by atoms with Gasteiger partial charge in [-0.05, 0) is 42.0 Å². The van der Waals surface area contributed by atoms with Crippen LogP contribution in [-0.2, 0) is 17.1 Å². The van der Waals surface area contributed by atoms with Crippen LogP contribution in [0, 0.1) is 5.82 Å². The van der Waals surface area contributed by atoms with Crippen molar-refractivity contribution in [3.63, 3.8) is 0 Å². The minimum atomic E-state index is -0.316. The molecule has 2 aromatic carbocycles. The summed E-state index contributed by atoms with van der Waals surface area (Å²) >= 11 is 9.10. The second-order valence-corrected chi connectivity index (χ2v) is 9.98. The van der Waals surface area contributed by atoms with Gasteiger partial charge in [-0.25, -0.2) is 4.39 Å². The summed E-state index contributed by atoms with van der Waals surface area (Å²) in [6, 6.07) is 15.6. The molecule has 4 rings (SSSR count). The lowest BCUT2D eigenvalue weighted by Gasteiger charge is -2.23. The normalized spacial score (nSPS) is 15.8. The van der Waals surface area contributed by atoms with E-state index in [-0.39, 0.29) is 23.0 Å². The molecule has 33 heavy (non-hydrogen) atoms. The van der Waals surface area contributed by atoms with E-state index in [1.54, 1.807) is 53.3 Å². The summed E-state index contributed by atoms with van der Waals surface area (Å²) in [5, 5.41) is 3.18. The van der Waals surface area contributed by atoms with Crippen molar-refractivity contribution in [3.05, 3.63) is 94.2 Å². The molecule has 3 aromatic rings. The second-order valence-electron chi connectivity index (χ2n) is 7.40. The maximum absolute atomic E-state index is 13.8. The Balaban J connectivity index is 1.27. The number of carbonyl (C=O) groups excluding carboxylic acids is 2. The van der Waals surface area contributed by atoms with Crippen LogP contribution in [0.15, 0.2) is 65.3 Å². The van der Waals surface area contributed by atoms with Gasteiger partial charge in [0.25, 0.3) is 5.91 Å². The van der Waals surface area contributed by atoms with Crippen LogP contribution in [0.4, 0.5) is 4.39 Å². The first-order chi connectivity index (χ1) is 16.0. The number of hydrogen-bond donors (Lipinski definition) is 1. The number of carbonyl (C=O) groups is 2. The van der Waals surface area contributed by atoms with Crippen LogP contribution >= 0.6 is 35.1 Å². The Morgan fingerprint density at radius 1 is 1.21 bits per heavy atom. The van der Waals surface area contributed by atoms with Crippen molar-refractivity contribution in [2.24, 2.45) is 0 Å². The van der Waals surface area contributed by atoms with E-state index in [1.807, 2.05) is 18.2 Å². The molecule has 1 atom stereocenters. The number of amides is 2. The molecule has 1 saturated heterocycles. The zero-order chi connectivity index (χ0) is 23.2. The Morgan fingerprint density at radius 3 is 2.76 bits per heavy atom. The first-order valence-electron chi connectivity index (χ1n) is 10.3. The van der Waals surface area contributed by atoms with Gasteiger partial charge in [0, 0.05) is 34.2 Å². The smallest absolute Gasteiger partial charge is 0.251 e. The van der Waals surface area contributed by atoms with Crippen LogP contribution in [-0.4, -0.2) is 34.8 Å². The van der Waals surface area contributed by atoms with Gasteiger partial charge < -0.3 is 14.6 Å². The minimum Gasteiger partial charge on any atom is -0.467 e. The number of rotatable bonds is 9. The number of hydrogen-bond acceptors (Lipinski definition) is 5. The maximum Gasteiger partial charge on any atom is 0.251 e. The molecule has 2 heterocycles. The van der Waals surface area contributed by atoms with Crippen molar-refractivity contribution in [1.82, 2.24) is 10.2 Å². The zero-order valence-corrected chi connectivity index (χ0v) is 20.0. The van der Waals surface area contributed by atoms with Crippen molar-refractivity contribution in [1.29, 1.82) is 0 Å². The van der Waals surface area contributed by atoms with E-state index in [0.29, 0.717) is 46.5 Å². The van der Waals surface area contributed by atoms with Gasteiger partial charge >= 0.3 is 0 Å². The number of nitrogens with zero attached hydrogens (tertiary/aromatic N) is 1. The number of nitrogens with one attached hydrogen (secondary N) is 1. The van der Waals surface area contributed by atoms with Gasteiger partial charge in [-0.1, -0.05) is 29.8 Å². The molecule has 0 bridgehead atoms. The number of benzene rings is 2. The van der Waals surface area contributed by atoms with Gasteiger partial charge in [0.1, 0.15) is 17.0 Å². The SMILES string of the molecule is O=C(NCCSCc1c(F)cccc1Cl)c1ccc([C@@H]2SCC(=O)N2Cc2ccco2)cc1. The molecule has 1 fully saturated rings. The maximum atomic E-state index is 13.8. The van der Waals surface area contributed by atoms with Crippen LogP contribution < -0.4 is 5.32 Å². The van der Waals surface area contributed by atoms with Crippen LogP contribution in [0.3, 0.4) is 0 Å². The number of thioether (sulfide) groups is 2. The fourth-order valence-electron chi connectivity index (χ4n) is 3.45. The molecule has 0 radical (unpaired) electrons. The summed E-state index contributed by atoms with van der Waals surface area (Å²) in [7, 11) is 0. The Bertz CT molecular complexity index is 1090. The molecule has 1 aliphatic rings. The van der Waals surface area contributed by atoms with E-state index < -0.39 is 0 Å². The average molecular weight is 505 g/mol. The van der Waals surface area contributed by atoms with Crippen molar-refractivity contribution in [2.75, 3.05) is 18.1 Å². The molecule has 9 heteroatoms. The van der Waals surface area contributed by atoms with Crippen LogP contribution in [0.25, 0.3) is 0 Å². The summed E-state index contributed by atoms with van der Waals surface area (Å²) in [4.78, 5) is 26.6. The molecule has 1 N–H and O–H groups in total. The van der Waals surface area contributed by atoms with Gasteiger partial charge in [-0.3, -0.25) is 9.59 Å². The molecule has 0 unspecified atom stereocenters. The van der Waals surface area contributed by atoms with E-state index >= 15 is 0 Å². The topological polar surface area (TPSA) is 62.6 Å². The highest BCUT2D eigenvalue weighted by Gasteiger charge is 2.33. The average Bonchev–Trinajstić information content (AvgIpc) is 3.46. The van der Waals surface area contributed by atoms with E-state index in [2.05, 4.69) is 5.32 Å². The van der Waals surface area contributed by atoms with Crippen molar-refractivity contribution in [2.45, 2.75) is 17.7 Å². The summed E-state index contributed by atoms with van der Waals surface area (Å²) in [6.07, 6.45) is 1.60. The van der Waals surface area contributed by atoms with E-state index in [1.165, 1.54) is 17.8 Å². The van der Waals surface area contributed by atoms with Crippen LogP contribution in [0.5, 0.6) is 0 Å². The lowest BCUT2D eigenvalue weighted by Crippen LogP contribution is -2.28. The Hall–Kier alpha value is -2.42. The predicted octanol–water partition coefficient (Wildman–Crippen LogP) is 5.51. The van der Waals surface area contributed by atoms with Crippen LogP contribution in [0.1, 0.15) is 32.6 Å². The van der Waals surface area contributed by atoms with E-state index in [0.717, 1.165) is 11.3 Å². The quantitative estimate of drug-likeness (QED) is 0.389. The lowest BCUT2D eigenvalue weighted by molar-refractivity contribution is -0.128. The molecule has 0 saturated carbocycles.